The number of benzene rings is 2. The molecule has 8 heteroatoms. The first kappa shape index (κ1) is 26.5. The summed E-state index contributed by atoms with van der Waals surface area (Å²) in [6, 6.07) is 4.15. The molecule has 0 N–H and O–H groups in total. The van der Waals surface area contributed by atoms with E-state index in [2.05, 4.69) is 17.0 Å². The number of unbranched alkanes of at least 4 members (excludes halogenated alkanes) is 1. The summed E-state index contributed by atoms with van der Waals surface area (Å²) in [6.45, 7) is 4.61. The Morgan fingerprint density at radius 2 is 1.34 bits per heavy atom. The number of hydrogen-bond donors (Lipinski definition) is 0. The van der Waals surface area contributed by atoms with Gasteiger partial charge in [0.25, 0.3) is 0 Å². The first-order valence-electron chi connectivity index (χ1n) is 11.8. The van der Waals surface area contributed by atoms with Crippen LogP contribution in [0.15, 0.2) is 12.1 Å². The molecule has 0 spiro atoms. The first-order valence-corrected chi connectivity index (χ1v) is 11.8. The smallest absolute Gasteiger partial charge is 0.208 e. The van der Waals surface area contributed by atoms with Crippen LogP contribution in [0.5, 0.6) is 34.5 Å². The van der Waals surface area contributed by atoms with Crippen molar-refractivity contribution in [3.05, 3.63) is 34.4 Å². The predicted molar refractivity (Wildman–Crippen MR) is 134 cm³/mol. The average molecular weight is 488 g/mol. The van der Waals surface area contributed by atoms with Gasteiger partial charge in [-0.3, -0.25) is 9.69 Å². The Morgan fingerprint density at radius 3 is 1.91 bits per heavy atom. The summed E-state index contributed by atoms with van der Waals surface area (Å²) in [7, 11) is 9.45. The monoisotopic (exact) mass is 487 g/mol. The largest absolute Gasteiger partial charge is 0.493 e. The second-order valence-electron chi connectivity index (χ2n) is 8.52. The molecule has 3 rings (SSSR count). The molecule has 192 valence electrons. The zero-order valence-electron chi connectivity index (χ0n) is 21.9. The Morgan fingerprint density at radius 1 is 0.771 bits per heavy atom. The number of ether oxygens (including phenoxy) is 6. The van der Waals surface area contributed by atoms with Gasteiger partial charge in [-0.15, -0.1) is 0 Å². The van der Waals surface area contributed by atoms with E-state index in [0.29, 0.717) is 40.5 Å². The van der Waals surface area contributed by atoms with Crippen molar-refractivity contribution in [3.63, 3.8) is 0 Å². The molecule has 35 heavy (non-hydrogen) atoms. The molecule has 0 saturated heterocycles. The molecule has 0 amide bonds. The second kappa shape index (κ2) is 12.0. The number of carbonyl (C=O) groups is 1. The van der Waals surface area contributed by atoms with Gasteiger partial charge in [-0.2, -0.15) is 0 Å². The predicted octanol–water partition coefficient (Wildman–Crippen LogP) is 4.46. The molecule has 0 unspecified atom stereocenters. The zero-order valence-corrected chi connectivity index (χ0v) is 21.9. The fourth-order valence-corrected chi connectivity index (χ4v) is 4.80. The van der Waals surface area contributed by atoms with Crippen LogP contribution in [0.4, 0.5) is 0 Å². The number of Topliss-reactive ketones (excluding diaryl/α,β-unsaturated/α-hetero) is 1. The van der Waals surface area contributed by atoms with Crippen molar-refractivity contribution in [1.82, 2.24) is 4.90 Å². The molecule has 0 saturated carbocycles. The maximum Gasteiger partial charge on any atom is 0.208 e. The minimum absolute atomic E-state index is 0.000533. The maximum atomic E-state index is 13.3. The lowest BCUT2D eigenvalue weighted by molar-refractivity contribution is 0.0972. The molecule has 0 bridgehead atoms. The Bertz CT molecular complexity index is 1050. The van der Waals surface area contributed by atoms with Gasteiger partial charge in [0.15, 0.2) is 28.8 Å². The van der Waals surface area contributed by atoms with Crippen molar-refractivity contribution in [2.24, 2.45) is 0 Å². The molecular formula is C27H37NO7. The van der Waals surface area contributed by atoms with Gasteiger partial charge in [0.1, 0.15) is 0 Å². The van der Waals surface area contributed by atoms with Crippen molar-refractivity contribution >= 4 is 5.78 Å². The summed E-state index contributed by atoms with van der Waals surface area (Å²) < 4.78 is 33.0. The number of hydrogen-bond acceptors (Lipinski definition) is 8. The molecule has 1 heterocycles. The lowest BCUT2D eigenvalue weighted by Gasteiger charge is -2.29. The third-order valence-corrected chi connectivity index (χ3v) is 6.58. The van der Waals surface area contributed by atoms with Gasteiger partial charge in [0, 0.05) is 25.1 Å². The maximum absolute atomic E-state index is 13.3. The second-order valence-corrected chi connectivity index (χ2v) is 8.52. The number of fused-ring (bicyclic) bond motifs is 1. The average Bonchev–Trinajstić information content (AvgIpc) is 2.88. The van der Waals surface area contributed by atoms with Crippen molar-refractivity contribution in [2.45, 2.75) is 39.2 Å². The van der Waals surface area contributed by atoms with E-state index in [1.165, 1.54) is 32.5 Å². The van der Waals surface area contributed by atoms with E-state index in [-0.39, 0.29) is 5.78 Å². The van der Waals surface area contributed by atoms with Gasteiger partial charge >= 0.3 is 0 Å². The van der Waals surface area contributed by atoms with Gasteiger partial charge in [-0.1, -0.05) is 0 Å². The summed E-state index contributed by atoms with van der Waals surface area (Å²) >= 11 is 0. The summed E-state index contributed by atoms with van der Waals surface area (Å²) in [4.78, 5) is 15.7. The molecule has 2 aromatic carbocycles. The molecule has 1 aliphatic rings. The van der Waals surface area contributed by atoms with Crippen LogP contribution in [0.3, 0.4) is 0 Å². The minimum Gasteiger partial charge on any atom is -0.493 e. The van der Waals surface area contributed by atoms with Gasteiger partial charge in [0.2, 0.25) is 11.5 Å². The van der Waals surface area contributed by atoms with E-state index in [0.717, 1.165) is 50.4 Å². The van der Waals surface area contributed by atoms with Crippen LogP contribution >= 0.6 is 0 Å². The minimum atomic E-state index is -0.000533. The highest BCUT2D eigenvalue weighted by molar-refractivity contribution is 6.02. The van der Waals surface area contributed by atoms with Crippen LogP contribution in [0.25, 0.3) is 0 Å². The molecule has 8 nitrogen and oxygen atoms in total. The van der Waals surface area contributed by atoms with Gasteiger partial charge in [-0.25, -0.2) is 0 Å². The lowest BCUT2D eigenvalue weighted by atomic mass is 9.96. The number of ketones is 1. The standard InChI is InChI=1S/C27H37NO7/c1-17-23(25(33-5)27(35-7)26(34-6)24(17)32-4)20(29)10-8-9-12-28-13-11-18-14-21(30-2)22(31-3)15-19(18)16-28/h14-15H,8-13,16H2,1-7H3. The van der Waals surface area contributed by atoms with Crippen molar-refractivity contribution < 1.29 is 33.2 Å². The quantitative estimate of drug-likeness (QED) is 0.321. The molecular weight excluding hydrogens is 450 g/mol. The molecule has 0 fully saturated rings. The zero-order chi connectivity index (χ0) is 25.5. The Balaban J connectivity index is 1.65. The van der Waals surface area contributed by atoms with Gasteiger partial charge in [-0.05, 0) is 56.0 Å². The molecule has 0 aromatic heterocycles. The van der Waals surface area contributed by atoms with Crippen LogP contribution in [-0.4, -0.2) is 66.4 Å². The Labute approximate surface area is 208 Å². The van der Waals surface area contributed by atoms with E-state index in [9.17, 15) is 4.79 Å². The van der Waals surface area contributed by atoms with Crippen LogP contribution in [0.2, 0.25) is 0 Å². The van der Waals surface area contributed by atoms with Gasteiger partial charge in [0.05, 0.1) is 48.2 Å². The topological polar surface area (TPSA) is 75.7 Å². The third kappa shape index (κ3) is 5.42. The van der Waals surface area contributed by atoms with Crippen LogP contribution in [0, 0.1) is 6.92 Å². The highest BCUT2D eigenvalue weighted by Gasteiger charge is 2.28. The molecule has 0 radical (unpaired) electrons. The van der Waals surface area contributed by atoms with Crippen molar-refractivity contribution in [1.29, 1.82) is 0 Å². The van der Waals surface area contributed by atoms with Gasteiger partial charge < -0.3 is 28.4 Å². The Hall–Kier alpha value is -3.13. The van der Waals surface area contributed by atoms with E-state index < -0.39 is 0 Å². The summed E-state index contributed by atoms with van der Waals surface area (Å²) in [6.07, 6.45) is 3.06. The van der Waals surface area contributed by atoms with Crippen molar-refractivity contribution in [3.8, 4) is 34.5 Å². The number of carbonyl (C=O) groups excluding carboxylic acids is 1. The molecule has 2 aromatic rings. The molecule has 0 atom stereocenters. The van der Waals surface area contributed by atoms with E-state index in [1.54, 1.807) is 21.3 Å². The number of nitrogens with zero attached hydrogens (tertiary/aromatic N) is 1. The highest BCUT2D eigenvalue weighted by atomic mass is 16.5. The van der Waals surface area contributed by atoms with E-state index in [4.69, 9.17) is 28.4 Å². The molecule has 0 aliphatic carbocycles. The fraction of sp³-hybridized carbons (Fsp3) is 0.519. The normalized spacial score (nSPS) is 13.1. The Kier molecular flexibility index (Phi) is 9.09. The first-order chi connectivity index (χ1) is 16.9. The summed E-state index contributed by atoms with van der Waals surface area (Å²) in [5.74, 6) is 3.17. The van der Waals surface area contributed by atoms with E-state index >= 15 is 0 Å². The third-order valence-electron chi connectivity index (χ3n) is 6.58. The summed E-state index contributed by atoms with van der Waals surface area (Å²) in [5.41, 5.74) is 3.74. The molecule has 1 aliphatic heterocycles. The SMILES string of the molecule is COc1cc2c(cc1OC)CN(CCCCC(=O)c1c(C)c(OC)c(OC)c(OC)c1OC)CC2. The van der Waals surface area contributed by atoms with Crippen LogP contribution < -0.4 is 28.4 Å². The van der Waals surface area contributed by atoms with Crippen LogP contribution in [-0.2, 0) is 13.0 Å². The number of rotatable bonds is 12. The highest BCUT2D eigenvalue weighted by Crippen LogP contribution is 2.49. The summed E-state index contributed by atoms with van der Waals surface area (Å²) in [5, 5.41) is 0. The lowest BCUT2D eigenvalue weighted by Crippen LogP contribution is -2.31. The fourth-order valence-electron chi connectivity index (χ4n) is 4.80. The van der Waals surface area contributed by atoms with E-state index in [1.807, 2.05) is 6.92 Å². The van der Waals surface area contributed by atoms with Crippen molar-refractivity contribution in [2.75, 3.05) is 55.7 Å². The van der Waals surface area contributed by atoms with Crippen LogP contribution in [0.1, 0.15) is 46.3 Å². The number of methoxy groups -OCH3 is 6.